The van der Waals surface area contributed by atoms with Crippen LogP contribution in [0.1, 0.15) is 36.1 Å². The topological polar surface area (TPSA) is 57.5 Å². The minimum atomic E-state index is 0. The van der Waals surface area contributed by atoms with E-state index in [2.05, 4.69) is 49.9 Å². The summed E-state index contributed by atoms with van der Waals surface area (Å²) in [4.78, 5) is 6.90. The maximum atomic E-state index is 4.33. The Bertz CT molecular complexity index is 721. The van der Waals surface area contributed by atoms with Gasteiger partial charge in [-0.05, 0) is 43.1 Å². The number of nitrogens with zero attached hydrogens (tertiary/aromatic N) is 4. The summed E-state index contributed by atoms with van der Waals surface area (Å²) in [7, 11) is 3.75. The number of rotatable bonds is 6. The number of likely N-dealkylation sites (tertiary alicyclic amines) is 1. The van der Waals surface area contributed by atoms with E-state index >= 15 is 0 Å². The molecular weight excluding hydrogens is 451 g/mol. The molecular formula is C20H31IN6. The summed E-state index contributed by atoms with van der Waals surface area (Å²) < 4.78 is 1.87. The number of hydrogen-bond acceptors (Lipinski definition) is 3. The number of nitrogens with one attached hydrogen (secondary N) is 2. The molecule has 0 radical (unpaired) electrons. The molecule has 1 fully saturated rings. The molecule has 2 N–H and O–H groups in total. The van der Waals surface area contributed by atoms with E-state index in [4.69, 9.17) is 0 Å². The number of aryl methyl sites for hydroxylation is 1. The lowest BCUT2D eigenvalue weighted by atomic mass is 10.0. The number of guanidine groups is 1. The van der Waals surface area contributed by atoms with Gasteiger partial charge in [0.25, 0.3) is 0 Å². The molecule has 27 heavy (non-hydrogen) atoms. The maximum Gasteiger partial charge on any atom is 0.191 e. The highest BCUT2D eigenvalue weighted by molar-refractivity contribution is 14.0. The van der Waals surface area contributed by atoms with Crippen LogP contribution in [0.2, 0.25) is 0 Å². The molecule has 0 unspecified atom stereocenters. The van der Waals surface area contributed by atoms with Gasteiger partial charge in [0.05, 0.1) is 12.2 Å². The van der Waals surface area contributed by atoms with Crippen molar-refractivity contribution < 1.29 is 0 Å². The van der Waals surface area contributed by atoms with Gasteiger partial charge in [0.2, 0.25) is 0 Å². The summed E-state index contributed by atoms with van der Waals surface area (Å²) in [5, 5.41) is 11.0. The monoisotopic (exact) mass is 482 g/mol. The molecule has 2 heterocycles. The van der Waals surface area contributed by atoms with Crippen molar-refractivity contribution in [3.63, 3.8) is 0 Å². The van der Waals surface area contributed by atoms with Crippen LogP contribution in [0.5, 0.6) is 0 Å². The zero-order valence-electron chi connectivity index (χ0n) is 16.3. The zero-order valence-corrected chi connectivity index (χ0v) is 18.6. The van der Waals surface area contributed by atoms with E-state index in [1.165, 1.54) is 43.5 Å². The van der Waals surface area contributed by atoms with Crippen LogP contribution in [0.4, 0.5) is 0 Å². The van der Waals surface area contributed by atoms with Gasteiger partial charge in [-0.2, -0.15) is 5.10 Å². The van der Waals surface area contributed by atoms with Gasteiger partial charge >= 0.3 is 0 Å². The molecule has 0 saturated carbocycles. The van der Waals surface area contributed by atoms with Crippen LogP contribution in [0.3, 0.4) is 0 Å². The number of halogens is 1. The first-order valence-electron chi connectivity index (χ1n) is 9.47. The highest BCUT2D eigenvalue weighted by Gasteiger charge is 2.12. The largest absolute Gasteiger partial charge is 0.352 e. The van der Waals surface area contributed by atoms with E-state index in [0.29, 0.717) is 6.54 Å². The van der Waals surface area contributed by atoms with Crippen molar-refractivity contribution in [2.24, 2.45) is 12.0 Å². The summed E-state index contributed by atoms with van der Waals surface area (Å²) in [5.41, 5.74) is 3.86. The second-order valence-corrected chi connectivity index (χ2v) is 6.83. The molecule has 0 bridgehead atoms. The Morgan fingerprint density at radius 2 is 1.74 bits per heavy atom. The summed E-state index contributed by atoms with van der Waals surface area (Å²) >= 11 is 0. The molecule has 1 aliphatic rings. The van der Waals surface area contributed by atoms with Crippen LogP contribution in [0, 0.1) is 0 Å². The number of benzene rings is 1. The molecule has 1 aromatic heterocycles. The van der Waals surface area contributed by atoms with Gasteiger partial charge in [0.15, 0.2) is 5.96 Å². The predicted molar refractivity (Wildman–Crippen MR) is 121 cm³/mol. The Balaban J connectivity index is 0.00000261. The molecule has 2 aromatic rings. The average molecular weight is 482 g/mol. The Hall–Kier alpha value is -1.61. The van der Waals surface area contributed by atoms with Gasteiger partial charge in [-0.15, -0.1) is 24.0 Å². The fourth-order valence-corrected chi connectivity index (χ4v) is 3.39. The van der Waals surface area contributed by atoms with Gasteiger partial charge in [-0.1, -0.05) is 30.7 Å². The molecule has 6 nitrogen and oxygen atoms in total. The van der Waals surface area contributed by atoms with Crippen molar-refractivity contribution in [3.05, 3.63) is 53.3 Å². The number of aliphatic imine (C=N–C) groups is 1. The Morgan fingerprint density at radius 3 is 2.41 bits per heavy atom. The number of piperidine rings is 1. The normalized spacial score (nSPS) is 15.3. The van der Waals surface area contributed by atoms with Crippen molar-refractivity contribution in [1.29, 1.82) is 0 Å². The third-order valence-electron chi connectivity index (χ3n) is 4.99. The lowest BCUT2D eigenvalue weighted by Gasteiger charge is -2.27. The first-order valence-corrected chi connectivity index (χ1v) is 9.47. The zero-order chi connectivity index (χ0) is 18.2. The van der Waals surface area contributed by atoms with Crippen molar-refractivity contribution in [1.82, 2.24) is 25.3 Å². The van der Waals surface area contributed by atoms with Gasteiger partial charge in [-0.3, -0.25) is 14.6 Å². The van der Waals surface area contributed by atoms with Gasteiger partial charge in [-0.25, -0.2) is 0 Å². The first-order chi connectivity index (χ1) is 12.8. The second kappa shape index (κ2) is 11.3. The molecule has 3 rings (SSSR count). The SMILES string of the molecule is CN=C(NCc1ccccc1CN1CCCCC1)NCc1ccnn1C.I. The third kappa shape index (κ3) is 6.49. The summed E-state index contributed by atoms with van der Waals surface area (Å²) in [6.45, 7) is 4.95. The summed E-state index contributed by atoms with van der Waals surface area (Å²) in [6.07, 6.45) is 5.83. The van der Waals surface area contributed by atoms with Gasteiger partial charge in [0.1, 0.15) is 0 Å². The fourth-order valence-electron chi connectivity index (χ4n) is 3.39. The Kier molecular flexibility index (Phi) is 9.06. The minimum Gasteiger partial charge on any atom is -0.352 e. The van der Waals surface area contributed by atoms with Crippen LogP contribution in [0.15, 0.2) is 41.5 Å². The standard InChI is InChI=1S/C20H30N6.HI/c1-21-20(23-15-19-10-11-24-25(19)2)22-14-17-8-4-5-9-18(17)16-26-12-6-3-7-13-26;/h4-5,8-11H,3,6-7,12-16H2,1-2H3,(H2,21,22,23);1H. The predicted octanol–water partition coefficient (Wildman–Crippen LogP) is 2.89. The molecule has 1 aromatic carbocycles. The molecule has 0 atom stereocenters. The van der Waals surface area contributed by atoms with E-state index in [0.717, 1.165) is 24.7 Å². The highest BCUT2D eigenvalue weighted by Crippen LogP contribution is 2.16. The van der Waals surface area contributed by atoms with Crippen LogP contribution in [-0.2, 0) is 26.7 Å². The van der Waals surface area contributed by atoms with E-state index in [1.54, 1.807) is 7.05 Å². The van der Waals surface area contributed by atoms with Gasteiger partial charge in [0, 0.05) is 33.4 Å². The van der Waals surface area contributed by atoms with Crippen molar-refractivity contribution >= 4 is 29.9 Å². The fraction of sp³-hybridized carbons (Fsp3) is 0.500. The second-order valence-electron chi connectivity index (χ2n) is 6.83. The number of aromatic nitrogens is 2. The number of hydrogen-bond donors (Lipinski definition) is 2. The minimum absolute atomic E-state index is 0. The lowest BCUT2D eigenvalue weighted by Crippen LogP contribution is -2.37. The first kappa shape index (κ1) is 21.7. The summed E-state index contributed by atoms with van der Waals surface area (Å²) in [5.74, 6) is 0.805. The van der Waals surface area contributed by atoms with Crippen LogP contribution in [0.25, 0.3) is 0 Å². The molecule has 0 amide bonds. The molecule has 0 aliphatic carbocycles. The van der Waals surface area contributed by atoms with E-state index in [9.17, 15) is 0 Å². The van der Waals surface area contributed by atoms with Crippen LogP contribution in [-0.4, -0.2) is 40.8 Å². The molecule has 1 aliphatic heterocycles. The lowest BCUT2D eigenvalue weighted by molar-refractivity contribution is 0.220. The molecule has 1 saturated heterocycles. The van der Waals surface area contributed by atoms with E-state index in [1.807, 2.05) is 24.0 Å². The summed E-state index contributed by atoms with van der Waals surface area (Å²) in [6, 6.07) is 10.7. The van der Waals surface area contributed by atoms with Crippen LogP contribution < -0.4 is 10.6 Å². The molecule has 148 valence electrons. The molecule has 0 spiro atoms. The van der Waals surface area contributed by atoms with Crippen molar-refractivity contribution in [3.8, 4) is 0 Å². The quantitative estimate of drug-likeness (QED) is 0.378. The van der Waals surface area contributed by atoms with Crippen molar-refractivity contribution in [2.45, 2.75) is 38.9 Å². The van der Waals surface area contributed by atoms with Gasteiger partial charge < -0.3 is 10.6 Å². The maximum absolute atomic E-state index is 4.33. The van der Waals surface area contributed by atoms with E-state index in [-0.39, 0.29) is 24.0 Å². The smallest absolute Gasteiger partial charge is 0.191 e. The Morgan fingerprint density at radius 1 is 1.04 bits per heavy atom. The average Bonchev–Trinajstić information content (AvgIpc) is 3.09. The van der Waals surface area contributed by atoms with Crippen molar-refractivity contribution in [2.75, 3.05) is 20.1 Å². The third-order valence-corrected chi connectivity index (χ3v) is 4.99. The van der Waals surface area contributed by atoms with Crippen LogP contribution >= 0.6 is 24.0 Å². The highest BCUT2D eigenvalue weighted by atomic mass is 127. The Labute approximate surface area is 179 Å². The molecule has 7 heteroatoms. The van der Waals surface area contributed by atoms with E-state index < -0.39 is 0 Å².